The molecular formula is C22H22Cl2O4. The van der Waals surface area contributed by atoms with Crippen molar-refractivity contribution in [1.82, 2.24) is 0 Å². The minimum absolute atomic E-state index is 0.00637. The normalized spacial score (nSPS) is 27.4. The van der Waals surface area contributed by atoms with Gasteiger partial charge >= 0.3 is 0 Å². The van der Waals surface area contributed by atoms with Gasteiger partial charge in [-0.1, -0.05) is 36.0 Å². The Kier molecular flexibility index (Phi) is 3.98. The minimum Gasteiger partial charge on any atom is -0.507 e. The molecule has 2 saturated carbocycles. The van der Waals surface area contributed by atoms with Gasteiger partial charge in [0.25, 0.3) is 0 Å². The number of phenols is 3. The van der Waals surface area contributed by atoms with Crippen LogP contribution in [0.15, 0.2) is 24.3 Å². The first-order valence-corrected chi connectivity index (χ1v) is 10.6. The molecule has 0 radical (unpaired) electrons. The molecule has 2 aliphatic carbocycles. The van der Waals surface area contributed by atoms with Gasteiger partial charge in [0.15, 0.2) is 0 Å². The molecule has 3 aliphatic rings. The highest BCUT2D eigenvalue weighted by molar-refractivity contribution is 6.32. The largest absolute Gasteiger partial charge is 0.507 e. The summed E-state index contributed by atoms with van der Waals surface area (Å²) in [6.45, 7) is 0. The van der Waals surface area contributed by atoms with E-state index in [-0.39, 0.29) is 33.6 Å². The quantitative estimate of drug-likeness (QED) is 0.528. The maximum Gasteiger partial charge on any atom is 0.141 e. The van der Waals surface area contributed by atoms with Crippen molar-refractivity contribution in [3.63, 3.8) is 0 Å². The summed E-state index contributed by atoms with van der Waals surface area (Å²) in [7, 11) is 0. The van der Waals surface area contributed by atoms with Gasteiger partial charge in [0.1, 0.15) is 28.6 Å². The van der Waals surface area contributed by atoms with Gasteiger partial charge in [-0.25, -0.2) is 0 Å². The summed E-state index contributed by atoms with van der Waals surface area (Å²) in [6.07, 6.45) is 7.03. The Morgan fingerprint density at radius 1 is 0.786 bits per heavy atom. The van der Waals surface area contributed by atoms with Crippen LogP contribution in [0.25, 0.3) is 0 Å². The lowest BCUT2D eigenvalue weighted by Crippen LogP contribution is -2.51. The predicted octanol–water partition coefficient (Wildman–Crippen LogP) is 6.01. The number of fused-ring (bicyclic) bond motifs is 4. The topological polar surface area (TPSA) is 69.9 Å². The lowest BCUT2D eigenvalue weighted by molar-refractivity contribution is -0.0365. The van der Waals surface area contributed by atoms with Gasteiger partial charge in [0.2, 0.25) is 0 Å². The molecule has 148 valence electrons. The van der Waals surface area contributed by atoms with Crippen LogP contribution in [0, 0.1) is 5.92 Å². The standard InChI is InChI=1S/C22H22Cl2O4/c23-14-8-12(16(25)10-17(14)26)22-7-3-4-20(22)21(5-1-2-6-21)13-9-15(24)18(27)11-19(13)28-22/h8-11,20,25-27H,1-7H2/t20-,22+/m0/s1. The number of hydrogen-bond donors (Lipinski definition) is 3. The Bertz CT molecular complexity index is 967. The molecule has 0 aromatic heterocycles. The van der Waals surface area contributed by atoms with Crippen LogP contribution in [0.1, 0.15) is 56.1 Å². The second kappa shape index (κ2) is 6.11. The molecule has 5 rings (SSSR count). The summed E-state index contributed by atoms with van der Waals surface area (Å²) < 4.78 is 6.61. The number of aromatic hydroxyl groups is 3. The van der Waals surface area contributed by atoms with Crippen molar-refractivity contribution in [2.45, 2.75) is 56.0 Å². The molecule has 0 amide bonds. The molecular weight excluding hydrogens is 399 g/mol. The number of phenolic OH excluding ortho intramolecular Hbond substituents is 3. The van der Waals surface area contributed by atoms with Crippen molar-refractivity contribution < 1.29 is 20.1 Å². The average molecular weight is 421 g/mol. The third-order valence-corrected chi connectivity index (χ3v) is 7.77. The van der Waals surface area contributed by atoms with Gasteiger partial charge in [-0.3, -0.25) is 0 Å². The smallest absolute Gasteiger partial charge is 0.141 e. The molecule has 0 bridgehead atoms. The number of ether oxygens (including phenoxy) is 1. The molecule has 2 aromatic carbocycles. The first-order chi connectivity index (χ1) is 13.4. The van der Waals surface area contributed by atoms with Crippen molar-refractivity contribution in [2.75, 3.05) is 0 Å². The minimum atomic E-state index is -0.737. The van der Waals surface area contributed by atoms with E-state index in [0.29, 0.717) is 16.3 Å². The first kappa shape index (κ1) is 18.3. The molecule has 4 nitrogen and oxygen atoms in total. The zero-order valence-electron chi connectivity index (χ0n) is 15.3. The van der Waals surface area contributed by atoms with E-state index >= 15 is 0 Å². The third kappa shape index (κ3) is 2.31. The molecule has 1 aliphatic heterocycles. The van der Waals surface area contributed by atoms with E-state index in [1.807, 2.05) is 6.07 Å². The average Bonchev–Trinajstić information content (AvgIpc) is 3.29. The number of benzene rings is 2. The monoisotopic (exact) mass is 420 g/mol. The summed E-state index contributed by atoms with van der Waals surface area (Å²) in [5.41, 5.74) is 0.848. The second-order valence-electron chi connectivity index (χ2n) is 8.42. The summed E-state index contributed by atoms with van der Waals surface area (Å²) in [4.78, 5) is 0. The Morgan fingerprint density at radius 3 is 2.14 bits per heavy atom. The highest BCUT2D eigenvalue weighted by Crippen LogP contribution is 2.66. The van der Waals surface area contributed by atoms with Crippen molar-refractivity contribution >= 4 is 23.2 Å². The van der Waals surface area contributed by atoms with E-state index in [9.17, 15) is 15.3 Å². The van der Waals surface area contributed by atoms with Crippen LogP contribution in [0.3, 0.4) is 0 Å². The summed E-state index contributed by atoms with van der Waals surface area (Å²) in [6, 6.07) is 6.39. The van der Waals surface area contributed by atoms with Crippen molar-refractivity contribution in [3.8, 4) is 23.0 Å². The van der Waals surface area contributed by atoms with Crippen LogP contribution in [-0.4, -0.2) is 15.3 Å². The van der Waals surface area contributed by atoms with Crippen LogP contribution in [0.5, 0.6) is 23.0 Å². The van der Waals surface area contributed by atoms with E-state index in [4.69, 9.17) is 27.9 Å². The molecule has 2 aromatic rings. The summed E-state index contributed by atoms with van der Waals surface area (Å²) in [5.74, 6) is 0.634. The third-order valence-electron chi connectivity index (χ3n) is 7.17. The van der Waals surface area contributed by atoms with Crippen LogP contribution >= 0.6 is 23.2 Å². The van der Waals surface area contributed by atoms with Crippen molar-refractivity contribution in [3.05, 3.63) is 45.4 Å². The molecule has 2 atom stereocenters. The van der Waals surface area contributed by atoms with Crippen LogP contribution < -0.4 is 4.74 Å². The number of hydrogen-bond acceptors (Lipinski definition) is 4. The molecule has 2 fully saturated rings. The molecule has 6 heteroatoms. The zero-order valence-corrected chi connectivity index (χ0v) is 16.9. The van der Waals surface area contributed by atoms with E-state index in [1.165, 1.54) is 6.07 Å². The van der Waals surface area contributed by atoms with Crippen LogP contribution in [0.2, 0.25) is 10.0 Å². The lowest BCUT2D eigenvalue weighted by Gasteiger charge is -2.51. The molecule has 0 saturated heterocycles. The molecule has 0 unspecified atom stereocenters. The van der Waals surface area contributed by atoms with Gasteiger partial charge in [-0.2, -0.15) is 0 Å². The zero-order chi connectivity index (χ0) is 19.7. The fraction of sp³-hybridized carbons (Fsp3) is 0.455. The van der Waals surface area contributed by atoms with Crippen molar-refractivity contribution in [2.24, 2.45) is 5.92 Å². The highest BCUT2D eigenvalue weighted by atomic mass is 35.5. The van der Waals surface area contributed by atoms with E-state index in [1.54, 1.807) is 12.1 Å². The Labute approximate surface area is 173 Å². The van der Waals surface area contributed by atoms with E-state index < -0.39 is 5.60 Å². The maximum absolute atomic E-state index is 10.7. The van der Waals surface area contributed by atoms with Gasteiger partial charge in [0.05, 0.1) is 10.0 Å². The summed E-state index contributed by atoms with van der Waals surface area (Å²) >= 11 is 12.5. The van der Waals surface area contributed by atoms with E-state index in [0.717, 1.165) is 50.5 Å². The van der Waals surface area contributed by atoms with Gasteiger partial charge in [-0.15, -0.1) is 0 Å². The Balaban J connectivity index is 1.78. The van der Waals surface area contributed by atoms with Crippen molar-refractivity contribution in [1.29, 1.82) is 0 Å². The maximum atomic E-state index is 10.7. The second-order valence-corrected chi connectivity index (χ2v) is 9.23. The number of rotatable bonds is 1. The van der Waals surface area contributed by atoms with E-state index in [2.05, 4.69) is 0 Å². The molecule has 1 spiro atoms. The Morgan fingerprint density at radius 2 is 1.43 bits per heavy atom. The van der Waals surface area contributed by atoms with Crippen LogP contribution in [-0.2, 0) is 11.0 Å². The predicted molar refractivity (Wildman–Crippen MR) is 108 cm³/mol. The summed E-state index contributed by atoms with van der Waals surface area (Å²) in [5, 5.41) is 31.4. The van der Waals surface area contributed by atoms with Gasteiger partial charge in [-0.05, 0) is 44.2 Å². The Hall–Kier alpha value is -1.78. The fourth-order valence-corrected chi connectivity index (χ4v) is 6.44. The van der Waals surface area contributed by atoms with Gasteiger partial charge < -0.3 is 20.1 Å². The molecule has 1 heterocycles. The number of halogens is 2. The fourth-order valence-electron chi connectivity index (χ4n) is 6.11. The SMILES string of the molecule is Oc1cc2c(cc1Cl)C1(CCCC1)[C@@H]1CCC[C@]1(c1cc(Cl)c(O)cc1O)O2. The first-order valence-electron chi connectivity index (χ1n) is 9.81. The van der Waals surface area contributed by atoms with Gasteiger partial charge in [0, 0.05) is 34.6 Å². The van der Waals surface area contributed by atoms with Crippen LogP contribution in [0.4, 0.5) is 0 Å². The molecule has 3 N–H and O–H groups in total. The molecule has 28 heavy (non-hydrogen) atoms. The highest BCUT2D eigenvalue weighted by Gasteiger charge is 2.61. The lowest BCUT2D eigenvalue weighted by atomic mass is 9.60.